The predicted molar refractivity (Wildman–Crippen MR) is 92.8 cm³/mol. The zero-order valence-electron chi connectivity index (χ0n) is 14.0. The van der Waals surface area contributed by atoms with Gasteiger partial charge in [0, 0.05) is 18.0 Å². The maximum absolute atomic E-state index is 4.52. The Hall–Kier alpha value is -0.410. The van der Waals surface area contributed by atoms with Gasteiger partial charge in [0.15, 0.2) is 0 Å². The first kappa shape index (κ1) is 17.0. The summed E-state index contributed by atoms with van der Waals surface area (Å²) in [4.78, 5) is 4.52. The molecule has 3 atom stereocenters. The molecule has 0 spiro atoms. The van der Waals surface area contributed by atoms with Gasteiger partial charge in [-0.2, -0.15) is 0 Å². The van der Waals surface area contributed by atoms with E-state index in [1.165, 1.54) is 50.1 Å². The fourth-order valence-electron chi connectivity index (χ4n) is 3.75. The number of aromatic nitrogens is 1. The lowest BCUT2D eigenvalue weighted by Gasteiger charge is -2.36. The molecule has 120 valence electrons. The summed E-state index contributed by atoms with van der Waals surface area (Å²) >= 11 is 1.83. The van der Waals surface area contributed by atoms with Gasteiger partial charge in [0.05, 0.1) is 5.01 Å². The average Bonchev–Trinajstić information content (AvgIpc) is 2.94. The summed E-state index contributed by atoms with van der Waals surface area (Å²) in [7, 11) is 0. The molecule has 1 aliphatic carbocycles. The molecular weight excluding hydrogens is 276 g/mol. The van der Waals surface area contributed by atoms with Crippen LogP contribution in [0.15, 0.2) is 11.6 Å². The highest BCUT2D eigenvalue weighted by Crippen LogP contribution is 2.38. The molecule has 2 nitrogen and oxygen atoms in total. The van der Waals surface area contributed by atoms with Gasteiger partial charge >= 0.3 is 0 Å². The van der Waals surface area contributed by atoms with Crippen molar-refractivity contribution in [1.29, 1.82) is 0 Å². The Labute approximate surface area is 134 Å². The van der Waals surface area contributed by atoms with Crippen LogP contribution in [0.1, 0.15) is 57.9 Å². The zero-order chi connectivity index (χ0) is 15.1. The van der Waals surface area contributed by atoms with Crippen LogP contribution in [0.25, 0.3) is 0 Å². The lowest BCUT2D eigenvalue weighted by molar-refractivity contribution is 0.166. The van der Waals surface area contributed by atoms with Crippen LogP contribution in [0.4, 0.5) is 0 Å². The van der Waals surface area contributed by atoms with Gasteiger partial charge in [-0.3, -0.25) is 0 Å². The first-order chi connectivity index (χ1) is 10.2. The molecule has 1 heterocycles. The number of nitrogens with zero attached hydrogens (tertiary/aromatic N) is 1. The lowest BCUT2D eigenvalue weighted by Crippen LogP contribution is -2.35. The molecule has 1 saturated carbocycles. The number of thiazole rings is 1. The molecule has 0 amide bonds. The molecule has 1 aromatic heterocycles. The van der Waals surface area contributed by atoms with Gasteiger partial charge in [-0.15, -0.1) is 11.3 Å². The second kappa shape index (κ2) is 8.89. The molecule has 2 rings (SSSR count). The van der Waals surface area contributed by atoms with Crippen LogP contribution in [0.5, 0.6) is 0 Å². The number of nitrogens with one attached hydrogen (secondary N) is 1. The summed E-state index contributed by atoms with van der Waals surface area (Å²) in [5, 5.41) is 7.15. The monoisotopic (exact) mass is 308 g/mol. The average molecular weight is 309 g/mol. The van der Waals surface area contributed by atoms with Gasteiger partial charge in [0.2, 0.25) is 0 Å². The van der Waals surface area contributed by atoms with Gasteiger partial charge in [-0.25, -0.2) is 4.98 Å². The fraction of sp³-hybridized carbons (Fsp3) is 0.833. The van der Waals surface area contributed by atoms with Crippen molar-refractivity contribution in [3.63, 3.8) is 0 Å². The predicted octanol–water partition coefficient (Wildman–Crippen LogP) is 4.76. The van der Waals surface area contributed by atoms with Crippen molar-refractivity contribution in [2.75, 3.05) is 13.1 Å². The minimum Gasteiger partial charge on any atom is -0.316 e. The third-order valence-electron chi connectivity index (χ3n) is 4.82. The summed E-state index contributed by atoms with van der Waals surface area (Å²) in [5.41, 5.74) is 0. The number of rotatable bonds is 8. The molecule has 0 aliphatic heterocycles. The van der Waals surface area contributed by atoms with Crippen LogP contribution in [-0.4, -0.2) is 18.1 Å². The van der Waals surface area contributed by atoms with E-state index >= 15 is 0 Å². The quantitative estimate of drug-likeness (QED) is 0.748. The van der Waals surface area contributed by atoms with Crippen molar-refractivity contribution in [3.05, 3.63) is 16.6 Å². The number of hydrogen-bond donors (Lipinski definition) is 1. The first-order valence-electron chi connectivity index (χ1n) is 8.78. The smallest absolute Gasteiger partial charge is 0.0927 e. The highest BCUT2D eigenvalue weighted by Gasteiger charge is 2.30. The molecule has 1 aromatic rings. The Morgan fingerprint density at radius 3 is 2.86 bits per heavy atom. The van der Waals surface area contributed by atoms with Gasteiger partial charge in [-0.05, 0) is 49.6 Å². The van der Waals surface area contributed by atoms with E-state index in [-0.39, 0.29) is 0 Å². The van der Waals surface area contributed by atoms with Gasteiger partial charge in [-0.1, -0.05) is 40.0 Å². The van der Waals surface area contributed by atoms with E-state index in [0.717, 1.165) is 30.2 Å². The van der Waals surface area contributed by atoms with Crippen LogP contribution < -0.4 is 5.32 Å². The van der Waals surface area contributed by atoms with Crippen molar-refractivity contribution in [2.45, 2.75) is 59.3 Å². The van der Waals surface area contributed by atoms with E-state index in [2.05, 4.69) is 36.5 Å². The Kier molecular flexibility index (Phi) is 7.18. The molecule has 3 unspecified atom stereocenters. The normalized spacial score (nSPS) is 26.4. The summed E-state index contributed by atoms with van der Waals surface area (Å²) < 4.78 is 0. The van der Waals surface area contributed by atoms with Crippen LogP contribution in [0, 0.1) is 23.7 Å². The Balaban J connectivity index is 1.89. The van der Waals surface area contributed by atoms with E-state index in [4.69, 9.17) is 0 Å². The molecule has 0 bridgehead atoms. The van der Waals surface area contributed by atoms with E-state index in [9.17, 15) is 0 Å². The van der Waals surface area contributed by atoms with E-state index < -0.39 is 0 Å². The molecule has 0 saturated heterocycles. The second-order valence-corrected chi connectivity index (χ2v) is 8.15. The first-order valence-corrected chi connectivity index (χ1v) is 9.66. The van der Waals surface area contributed by atoms with E-state index in [0.29, 0.717) is 0 Å². The largest absolute Gasteiger partial charge is 0.316 e. The van der Waals surface area contributed by atoms with Crippen molar-refractivity contribution in [3.8, 4) is 0 Å². The van der Waals surface area contributed by atoms with E-state index in [1.807, 2.05) is 17.5 Å². The molecule has 0 aromatic carbocycles. The second-order valence-electron chi connectivity index (χ2n) is 7.17. The van der Waals surface area contributed by atoms with Gasteiger partial charge in [0.25, 0.3) is 0 Å². The Morgan fingerprint density at radius 1 is 1.33 bits per heavy atom. The molecule has 3 heteroatoms. The van der Waals surface area contributed by atoms with Crippen LogP contribution in [0.3, 0.4) is 0 Å². The van der Waals surface area contributed by atoms with Crippen molar-refractivity contribution >= 4 is 11.3 Å². The molecular formula is C18H32N2S. The molecule has 1 fully saturated rings. The minimum atomic E-state index is 0.749. The highest BCUT2D eigenvalue weighted by molar-refractivity contribution is 7.09. The topological polar surface area (TPSA) is 24.9 Å². The Bertz CT molecular complexity index is 375. The standard InChI is InChI=1S/C18H32N2S/c1-4-5-15-6-7-16(13-19-12-14(2)3)17(10-15)11-18-20-8-9-21-18/h8-9,14-17,19H,4-7,10-13H2,1-3H3. The zero-order valence-corrected chi connectivity index (χ0v) is 14.8. The van der Waals surface area contributed by atoms with Gasteiger partial charge < -0.3 is 5.32 Å². The highest BCUT2D eigenvalue weighted by atomic mass is 32.1. The summed E-state index contributed by atoms with van der Waals surface area (Å²) in [6.07, 6.45) is 10.2. The summed E-state index contributed by atoms with van der Waals surface area (Å²) in [5.74, 6) is 3.39. The SMILES string of the molecule is CCCC1CCC(CNCC(C)C)C(Cc2nccs2)C1. The minimum absolute atomic E-state index is 0.749. The molecule has 1 aliphatic rings. The molecule has 21 heavy (non-hydrogen) atoms. The van der Waals surface area contributed by atoms with E-state index in [1.54, 1.807) is 0 Å². The third kappa shape index (κ3) is 5.71. The van der Waals surface area contributed by atoms with Crippen molar-refractivity contribution in [1.82, 2.24) is 10.3 Å². The molecule has 1 N–H and O–H groups in total. The molecule has 0 radical (unpaired) electrons. The van der Waals surface area contributed by atoms with Gasteiger partial charge in [0.1, 0.15) is 0 Å². The third-order valence-corrected chi connectivity index (χ3v) is 5.63. The van der Waals surface area contributed by atoms with Crippen LogP contribution in [-0.2, 0) is 6.42 Å². The van der Waals surface area contributed by atoms with Crippen LogP contribution >= 0.6 is 11.3 Å². The Morgan fingerprint density at radius 2 is 2.19 bits per heavy atom. The van der Waals surface area contributed by atoms with Crippen LogP contribution in [0.2, 0.25) is 0 Å². The summed E-state index contributed by atoms with van der Waals surface area (Å²) in [6, 6.07) is 0. The maximum Gasteiger partial charge on any atom is 0.0927 e. The fourth-order valence-corrected chi connectivity index (χ4v) is 4.46. The maximum atomic E-state index is 4.52. The van der Waals surface area contributed by atoms with Crippen molar-refractivity contribution < 1.29 is 0 Å². The lowest BCUT2D eigenvalue weighted by atomic mass is 9.71. The number of hydrogen-bond acceptors (Lipinski definition) is 3. The summed E-state index contributed by atoms with van der Waals surface area (Å²) in [6.45, 7) is 9.26. The van der Waals surface area contributed by atoms with Crippen molar-refractivity contribution in [2.24, 2.45) is 23.7 Å².